The fraction of sp³-hybridized carbons (Fsp3) is 0.588. The van der Waals surface area contributed by atoms with Crippen molar-refractivity contribution in [3.8, 4) is 0 Å². The minimum atomic E-state index is -0.255. The molecule has 0 aromatic heterocycles. The van der Waals surface area contributed by atoms with Gasteiger partial charge in [0.05, 0.1) is 0 Å². The first-order valence-electron chi connectivity index (χ1n) is 7.78. The van der Waals surface area contributed by atoms with Gasteiger partial charge >= 0.3 is 0 Å². The highest BCUT2D eigenvalue weighted by Crippen LogP contribution is 2.33. The van der Waals surface area contributed by atoms with Crippen LogP contribution in [0.25, 0.3) is 0 Å². The van der Waals surface area contributed by atoms with Gasteiger partial charge in [0.15, 0.2) is 5.11 Å². The van der Waals surface area contributed by atoms with Gasteiger partial charge in [0, 0.05) is 11.7 Å². The molecular weight excluding hydrogens is 283 g/mol. The average Bonchev–Trinajstić information content (AvgIpc) is 2.38. The van der Waals surface area contributed by atoms with E-state index in [2.05, 4.69) is 31.4 Å². The van der Waals surface area contributed by atoms with Crippen LogP contribution in [0.15, 0.2) is 24.3 Å². The first-order valence-corrected chi connectivity index (χ1v) is 8.19. The third-order valence-electron chi connectivity index (χ3n) is 4.42. The second-order valence-corrected chi connectivity index (χ2v) is 6.95. The van der Waals surface area contributed by atoms with Crippen molar-refractivity contribution in [2.75, 3.05) is 5.32 Å². The molecule has 4 heteroatoms. The van der Waals surface area contributed by atoms with Crippen LogP contribution in [0.4, 0.5) is 10.1 Å². The molecule has 2 N–H and O–H groups in total. The van der Waals surface area contributed by atoms with Gasteiger partial charge in [-0.2, -0.15) is 0 Å². The first kappa shape index (κ1) is 16.2. The van der Waals surface area contributed by atoms with Crippen molar-refractivity contribution in [1.29, 1.82) is 0 Å². The smallest absolute Gasteiger partial charge is 0.171 e. The molecule has 0 radical (unpaired) electrons. The molecule has 0 amide bonds. The van der Waals surface area contributed by atoms with Gasteiger partial charge in [-0.1, -0.05) is 33.3 Å². The van der Waals surface area contributed by atoms with Gasteiger partial charge in [0.25, 0.3) is 0 Å². The molecule has 0 saturated heterocycles. The summed E-state index contributed by atoms with van der Waals surface area (Å²) in [6.07, 6.45) is 3.69. The fourth-order valence-corrected chi connectivity index (χ4v) is 3.54. The summed E-state index contributed by atoms with van der Waals surface area (Å²) in [4.78, 5) is 0. The quantitative estimate of drug-likeness (QED) is 0.800. The van der Waals surface area contributed by atoms with E-state index in [0.717, 1.165) is 12.3 Å². The lowest BCUT2D eigenvalue weighted by Gasteiger charge is -2.38. The fourth-order valence-electron chi connectivity index (χ4n) is 3.27. The SMILES string of the molecule is CC(C)[C@H]1CC[C@@H](C)C[C@H]1NC(=S)Nc1cccc(F)c1. The highest BCUT2D eigenvalue weighted by Gasteiger charge is 2.30. The van der Waals surface area contributed by atoms with Gasteiger partial charge in [-0.05, 0) is 61.0 Å². The molecule has 1 aliphatic carbocycles. The van der Waals surface area contributed by atoms with E-state index in [0.29, 0.717) is 28.7 Å². The summed E-state index contributed by atoms with van der Waals surface area (Å²) in [7, 11) is 0. The molecule has 0 aliphatic heterocycles. The monoisotopic (exact) mass is 308 g/mol. The molecule has 0 heterocycles. The lowest BCUT2D eigenvalue weighted by molar-refractivity contribution is 0.186. The zero-order chi connectivity index (χ0) is 15.4. The molecule has 1 fully saturated rings. The number of rotatable bonds is 3. The van der Waals surface area contributed by atoms with Gasteiger partial charge in [0.1, 0.15) is 5.82 Å². The Labute approximate surface area is 132 Å². The van der Waals surface area contributed by atoms with E-state index in [9.17, 15) is 4.39 Å². The predicted octanol–water partition coefficient (Wildman–Crippen LogP) is 4.57. The maximum atomic E-state index is 13.2. The molecule has 1 aliphatic rings. The van der Waals surface area contributed by atoms with E-state index >= 15 is 0 Å². The molecule has 1 saturated carbocycles. The summed E-state index contributed by atoms with van der Waals surface area (Å²) in [5, 5.41) is 7.12. The predicted molar refractivity (Wildman–Crippen MR) is 90.9 cm³/mol. The van der Waals surface area contributed by atoms with Crippen LogP contribution in [0.2, 0.25) is 0 Å². The van der Waals surface area contributed by atoms with Gasteiger partial charge in [-0.25, -0.2) is 4.39 Å². The van der Waals surface area contributed by atoms with Crippen LogP contribution < -0.4 is 10.6 Å². The number of hydrogen-bond acceptors (Lipinski definition) is 1. The number of nitrogens with one attached hydrogen (secondary N) is 2. The Bertz CT molecular complexity index is 489. The number of halogens is 1. The van der Waals surface area contributed by atoms with Crippen molar-refractivity contribution in [2.45, 2.75) is 46.1 Å². The summed E-state index contributed by atoms with van der Waals surface area (Å²) in [6, 6.07) is 6.79. The molecule has 21 heavy (non-hydrogen) atoms. The normalized spacial score (nSPS) is 25.7. The number of benzene rings is 1. The standard InChI is InChI=1S/C17H25FN2S/c1-11(2)15-8-7-12(3)9-16(15)20-17(21)19-14-6-4-5-13(18)10-14/h4-6,10-12,15-16H,7-9H2,1-3H3,(H2,19,20,21)/t12-,15-,16-/m1/s1. The summed E-state index contributed by atoms with van der Waals surface area (Å²) < 4.78 is 13.2. The van der Waals surface area contributed by atoms with Crippen molar-refractivity contribution in [1.82, 2.24) is 5.32 Å². The Hall–Kier alpha value is -1.16. The zero-order valence-corrected chi connectivity index (χ0v) is 13.8. The summed E-state index contributed by atoms with van der Waals surface area (Å²) in [5.74, 6) is 1.77. The molecule has 0 bridgehead atoms. The van der Waals surface area contributed by atoms with Gasteiger partial charge in [-0.15, -0.1) is 0 Å². The highest BCUT2D eigenvalue weighted by molar-refractivity contribution is 7.80. The third kappa shape index (κ3) is 4.67. The average molecular weight is 308 g/mol. The largest absolute Gasteiger partial charge is 0.359 e. The van der Waals surface area contributed by atoms with Crippen LogP contribution >= 0.6 is 12.2 Å². The zero-order valence-electron chi connectivity index (χ0n) is 13.0. The molecule has 2 rings (SSSR count). The minimum absolute atomic E-state index is 0.255. The van der Waals surface area contributed by atoms with E-state index in [1.165, 1.54) is 25.0 Å². The molecule has 116 valence electrons. The number of anilines is 1. The Kier molecular flexibility index (Phi) is 5.57. The molecule has 0 unspecified atom stereocenters. The number of thiocarbonyl (C=S) groups is 1. The van der Waals surface area contributed by atoms with E-state index in [-0.39, 0.29) is 5.82 Å². The van der Waals surface area contributed by atoms with Crippen molar-refractivity contribution < 1.29 is 4.39 Å². The van der Waals surface area contributed by atoms with Crippen LogP contribution in [0.5, 0.6) is 0 Å². The van der Waals surface area contributed by atoms with Crippen LogP contribution in [0.3, 0.4) is 0 Å². The van der Waals surface area contributed by atoms with Gasteiger partial charge in [0.2, 0.25) is 0 Å². The van der Waals surface area contributed by atoms with E-state index < -0.39 is 0 Å². The van der Waals surface area contributed by atoms with Crippen LogP contribution in [-0.2, 0) is 0 Å². The maximum Gasteiger partial charge on any atom is 0.171 e. The van der Waals surface area contributed by atoms with Crippen molar-refractivity contribution in [3.05, 3.63) is 30.1 Å². The second-order valence-electron chi connectivity index (χ2n) is 6.54. The number of hydrogen-bond donors (Lipinski definition) is 2. The molecule has 1 aromatic rings. The van der Waals surface area contributed by atoms with Gasteiger partial charge in [-0.3, -0.25) is 0 Å². The Morgan fingerprint density at radius 2 is 2.10 bits per heavy atom. The third-order valence-corrected chi connectivity index (χ3v) is 4.64. The van der Waals surface area contributed by atoms with Crippen molar-refractivity contribution in [2.24, 2.45) is 17.8 Å². The summed E-state index contributed by atoms with van der Waals surface area (Å²) >= 11 is 5.39. The maximum absolute atomic E-state index is 13.2. The highest BCUT2D eigenvalue weighted by atomic mass is 32.1. The van der Waals surface area contributed by atoms with Crippen molar-refractivity contribution in [3.63, 3.8) is 0 Å². The van der Waals surface area contributed by atoms with Crippen LogP contribution in [0.1, 0.15) is 40.0 Å². The molecule has 3 atom stereocenters. The van der Waals surface area contributed by atoms with Crippen LogP contribution in [-0.4, -0.2) is 11.2 Å². The molecular formula is C17H25FN2S. The van der Waals surface area contributed by atoms with E-state index in [4.69, 9.17) is 12.2 Å². The van der Waals surface area contributed by atoms with E-state index in [1.807, 2.05) is 6.07 Å². The molecule has 0 spiro atoms. The van der Waals surface area contributed by atoms with Crippen molar-refractivity contribution >= 4 is 23.0 Å². The summed E-state index contributed by atoms with van der Waals surface area (Å²) in [5.41, 5.74) is 0.692. The van der Waals surface area contributed by atoms with Gasteiger partial charge < -0.3 is 10.6 Å². The molecule has 1 aromatic carbocycles. The lowest BCUT2D eigenvalue weighted by atomic mass is 9.74. The van der Waals surface area contributed by atoms with E-state index in [1.54, 1.807) is 6.07 Å². The Morgan fingerprint density at radius 1 is 1.33 bits per heavy atom. The second kappa shape index (κ2) is 7.21. The Morgan fingerprint density at radius 3 is 2.76 bits per heavy atom. The topological polar surface area (TPSA) is 24.1 Å². The lowest BCUT2D eigenvalue weighted by Crippen LogP contribution is -2.47. The minimum Gasteiger partial charge on any atom is -0.359 e. The first-order chi connectivity index (χ1) is 9.95. The Balaban J connectivity index is 1.96. The van der Waals surface area contributed by atoms with Crippen LogP contribution in [0, 0.1) is 23.6 Å². The molecule has 2 nitrogen and oxygen atoms in total. The summed E-state index contributed by atoms with van der Waals surface area (Å²) in [6.45, 7) is 6.85.